The van der Waals surface area contributed by atoms with E-state index < -0.39 is 15.6 Å². The Morgan fingerprint density at radius 3 is 2.62 bits per heavy atom. The molecule has 5 nitrogen and oxygen atoms in total. The summed E-state index contributed by atoms with van der Waals surface area (Å²) in [5, 5.41) is 0.386. The second-order valence-corrected chi connectivity index (χ2v) is 4.99. The van der Waals surface area contributed by atoms with Gasteiger partial charge in [-0.05, 0) is 19.2 Å². The molecule has 0 bridgehead atoms. The lowest BCUT2D eigenvalue weighted by Crippen LogP contribution is -2.20. The van der Waals surface area contributed by atoms with Crippen LogP contribution in [-0.4, -0.2) is 15.5 Å². The van der Waals surface area contributed by atoms with E-state index in [0.29, 0.717) is 5.39 Å². The van der Waals surface area contributed by atoms with Crippen LogP contribution in [0.3, 0.4) is 0 Å². The molecule has 2 rings (SSSR count). The molecule has 16 heavy (non-hydrogen) atoms. The molecular formula is C10H9NO4S. The minimum Gasteiger partial charge on any atom is -0.423 e. The number of sulfonamides is 1. The highest BCUT2D eigenvalue weighted by molar-refractivity contribution is 7.89. The Labute approximate surface area is 91.8 Å². The zero-order valence-electron chi connectivity index (χ0n) is 8.43. The molecule has 0 amide bonds. The van der Waals surface area contributed by atoms with E-state index in [4.69, 9.17) is 4.42 Å². The number of benzene rings is 1. The fraction of sp³-hybridized carbons (Fsp3) is 0.100. The topological polar surface area (TPSA) is 76.4 Å². The van der Waals surface area contributed by atoms with Gasteiger partial charge in [-0.25, -0.2) is 17.9 Å². The smallest absolute Gasteiger partial charge is 0.337 e. The predicted molar refractivity (Wildman–Crippen MR) is 58.7 cm³/mol. The molecule has 0 saturated heterocycles. The highest BCUT2D eigenvalue weighted by atomic mass is 32.2. The van der Waals surface area contributed by atoms with Crippen molar-refractivity contribution in [2.75, 3.05) is 7.05 Å². The van der Waals surface area contributed by atoms with Crippen LogP contribution in [0.1, 0.15) is 0 Å². The van der Waals surface area contributed by atoms with Crippen molar-refractivity contribution < 1.29 is 12.8 Å². The van der Waals surface area contributed by atoms with Crippen molar-refractivity contribution >= 4 is 21.0 Å². The Hall–Kier alpha value is -1.66. The molecule has 0 saturated carbocycles. The van der Waals surface area contributed by atoms with Gasteiger partial charge in [-0.2, -0.15) is 0 Å². The van der Waals surface area contributed by atoms with Crippen molar-refractivity contribution in [2.45, 2.75) is 4.90 Å². The fourth-order valence-corrected chi connectivity index (χ4v) is 2.34. The number of nitrogens with one attached hydrogen (secondary N) is 1. The maximum absolute atomic E-state index is 11.7. The monoisotopic (exact) mass is 239 g/mol. The Morgan fingerprint density at radius 2 is 1.94 bits per heavy atom. The summed E-state index contributed by atoms with van der Waals surface area (Å²) in [5.41, 5.74) is -0.434. The van der Waals surface area contributed by atoms with Gasteiger partial charge < -0.3 is 4.42 Å². The van der Waals surface area contributed by atoms with Crippen molar-refractivity contribution in [1.29, 1.82) is 0 Å². The third-order valence-electron chi connectivity index (χ3n) is 2.17. The number of hydrogen-bond acceptors (Lipinski definition) is 4. The van der Waals surface area contributed by atoms with Crippen LogP contribution in [0.4, 0.5) is 0 Å². The summed E-state index contributed by atoms with van der Waals surface area (Å²) in [6.45, 7) is 0. The second kappa shape index (κ2) is 3.73. The lowest BCUT2D eigenvalue weighted by Gasteiger charge is -2.04. The van der Waals surface area contributed by atoms with Crippen molar-refractivity contribution in [3.05, 3.63) is 40.8 Å². The maximum Gasteiger partial charge on any atom is 0.337 e. The van der Waals surface area contributed by atoms with Crippen molar-refractivity contribution in [3.63, 3.8) is 0 Å². The lowest BCUT2D eigenvalue weighted by atomic mass is 10.2. The normalized spacial score (nSPS) is 11.8. The summed E-state index contributed by atoms with van der Waals surface area (Å²) < 4.78 is 30.4. The Bertz CT molecular complexity index is 687. The van der Waals surface area contributed by atoms with Crippen molar-refractivity contribution in [1.82, 2.24) is 4.72 Å². The summed E-state index contributed by atoms with van der Waals surface area (Å²) in [4.78, 5) is 11.1. The number of para-hydroxylation sites is 1. The number of hydrogen-bond donors (Lipinski definition) is 1. The van der Waals surface area contributed by atoms with Crippen LogP contribution in [0.2, 0.25) is 0 Å². The van der Waals surface area contributed by atoms with Gasteiger partial charge in [0.2, 0.25) is 10.0 Å². The van der Waals surface area contributed by atoms with Gasteiger partial charge in [-0.15, -0.1) is 0 Å². The third-order valence-corrected chi connectivity index (χ3v) is 3.62. The molecule has 1 aromatic carbocycles. The van der Waals surface area contributed by atoms with E-state index in [1.807, 2.05) is 0 Å². The molecule has 84 valence electrons. The predicted octanol–water partition coefficient (Wildman–Crippen LogP) is 0.701. The van der Waals surface area contributed by atoms with Gasteiger partial charge in [0.15, 0.2) is 0 Å². The van der Waals surface area contributed by atoms with Crippen LogP contribution < -0.4 is 10.3 Å². The van der Waals surface area contributed by atoms with Crippen LogP contribution >= 0.6 is 0 Å². The molecule has 2 aromatic rings. The molecule has 1 N–H and O–H groups in total. The van der Waals surface area contributed by atoms with E-state index in [1.165, 1.54) is 7.05 Å². The standard InChI is InChI=1S/C10H9NO4S/c1-11-16(13,14)9-6-10(12)15-8-5-3-2-4-7(8)9/h2-6,11H,1H3. The van der Waals surface area contributed by atoms with Crippen LogP contribution in [0.25, 0.3) is 11.0 Å². The van der Waals surface area contributed by atoms with Crippen molar-refractivity contribution in [3.8, 4) is 0 Å². The minimum absolute atomic E-state index is 0.0677. The quantitative estimate of drug-likeness (QED) is 0.783. The largest absolute Gasteiger partial charge is 0.423 e. The molecule has 6 heteroatoms. The van der Waals surface area contributed by atoms with Gasteiger partial charge in [0.05, 0.1) is 0 Å². The van der Waals surface area contributed by atoms with Crippen LogP contribution in [0.15, 0.2) is 44.4 Å². The first-order chi connectivity index (χ1) is 7.54. The average molecular weight is 239 g/mol. The lowest BCUT2D eigenvalue weighted by molar-refractivity contribution is 0.552. The first-order valence-corrected chi connectivity index (χ1v) is 5.99. The molecule has 0 fully saturated rings. The summed E-state index contributed by atoms with van der Waals surface area (Å²) in [6.07, 6.45) is 0. The SMILES string of the molecule is CNS(=O)(=O)c1cc(=O)oc2ccccc12. The number of rotatable bonds is 2. The van der Waals surface area contributed by atoms with Gasteiger partial charge in [0, 0.05) is 11.5 Å². The molecule has 0 aliphatic heterocycles. The van der Waals surface area contributed by atoms with Gasteiger partial charge >= 0.3 is 5.63 Å². The Morgan fingerprint density at radius 1 is 1.25 bits per heavy atom. The Balaban J connectivity index is 2.94. The van der Waals surface area contributed by atoms with E-state index in [1.54, 1.807) is 24.3 Å². The number of fused-ring (bicyclic) bond motifs is 1. The van der Waals surface area contributed by atoms with E-state index in [2.05, 4.69) is 4.72 Å². The molecule has 0 unspecified atom stereocenters. The van der Waals surface area contributed by atoms with Gasteiger partial charge in [-0.3, -0.25) is 0 Å². The highest BCUT2D eigenvalue weighted by Gasteiger charge is 2.17. The van der Waals surface area contributed by atoms with E-state index in [9.17, 15) is 13.2 Å². The molecule has 0 atom stereocenters. The Kier molecular flexibility index (Phi) is 2.53. The van der Waals surface area contributed by atoms with Crippen LogP contribution in [0.5, 0.6) is 0 Å². The van der Waals surface area contributed by atoms with Gasteiger partial charge in [0.25, 0.3) is 0 Å². The first-order valence-electron chi connectivity index (χ1n) is 4.51. The molecular weight excluding hydrogens is 230 g/mol. The van der Waals surface area contributed by atoms with Gasteiger partial charge in [0.1, 0.15) is 10.5 Å². The zero-order valence-corrected chi connectivity index (χ0v) is 9.24. The second-order valence-electron chi connectivity index (χ2n) is 3.13. The molecule has 0 aliphatic carbocycles. The summed E-state index contributed by atoms with van der Waals surface area (Å²) >= 11 is 0. The van der Waals surface area contributed by atoms with Gasteiger partial charge in [-0.1, -0.05) is 12.1 Å². The van der Waals surface area contributed by atoms with E-state index in [0.717, 1.165) is 6.07 Å². The molecule has 0 aliphatic rings. The molecule has 0 radical (unpaired) electrons. The minimum atomic E-state index is -3.66. The fourth-order valence-electron chi connectivity index (χ4n) is 1.41. The van der Waals surface area contributed by atoms with Crippen molar-refractivity contribution in [2.24, 2.45) is 0 Å². The zero-order chi connectivity index (χ0) is 11.8. The van der Waals surface area contributed by atoms with Crippen LogP contribution in [0, 0.1) is 0 Å². The molecule has 1 aromatic heterocycles. The average Bonchev–Trinajstić information content (AvgIpc) is 2.28. The third kappa shape index (κ3) is 1.72. The molecule has 0 spiro atoms. The molecule has 1 heterocycles. The maximum atomic E-state index is 11.7. The first kappa shape index (κ1) is 10.8. The summed E-state index contributed by atoms with van der Waals surface area (Å²) in [5.74, 6) is 0. The summed E-state index contributed by atoms with van der Waals surface area (Å²) in [6, 6.07) is 7.44. The summed E-state index contributed by atoms with van der Waals surface area (Å²) in [7, 11) is -2.37. The van der Waals surface area contributed by atoms with Crippen LogP contribution in [-0.2, 0) is 10.0 Å². The highest BCUT2D eigenvalue weighted by Crippen LogP contribution is 2.20. The van der Waals surface area contributed by atoms with E-state index in [-0.39, 0.29) is 10.5 Å². The van der Waals surface area contributed by atoms with E-state index >= 15 is 0 Å².